The predicted molar refractivity (Wildman–Crippen MR) is 123 cm³/mol. The molecule has 0 aliphatic carbocycles. The molecule has 4 rings (SSSR count). The van der Waals surface area contributed by atoms with E-state index in [1.165, 1.54) is 6.07 Å². The summed E-state index contributed by atoms with van der Waals surface area (Å²) in [4.78, 5) is 39.0. The maximum Gasteiger partial charge on any atom is 0.257 e. The number of para-hydroxylation sites is 1. The summed E-state index contributed by atoms with van der Waals surface area (Å²) < 4.78 is 5.27. The maximum atomic E-state index is 12.8. The third-order valence-electron chi connectivity index (χ3n) is 5.66. The van der Waals surface area contributed by atoms with Crippen molar-refractivity contribution in [2.75, 3.05) is 36.9 Å². The zero-order chi connectivity index (χ0) is 22.7. The number of aromatic hydroxyl groups is 1. The lowest BCUT2D eigenvalue weighted by Gasteiger charge is -2.27. The molecule has 1 aliphatic rings. The SMILES string of the molecule is CCC(Nc1c(Nc2cccc(C(=O)N3CCOCC3)c2O)c(=O)c1=O)c1ccccc1. The van der Waals surface area contributed by atoms with Gasteiger partial charge in [0.2, 0.25) is 0 Å². The lowest BCUT2D eigenvalue weighted by Crippen LogP contribution is -2.40. The van der Waals surface area contributed by atoms with Crippen molar-refractivity contribution in [3.8, 4) is 5.75 Å². The van der Waals surface area contributed by atoms with Gasteiger partial charge >= 0.3 is 0 Å². The third-order valence-corrected chi connectivity index (χ3v) is 5.66. The molecule has 1 fully saturated rings. The van der Waals surface area contributed by atoms with Crippen LogP contribution in [0.15, 0.2) is 58.1 Å². The Morgan fingerprint density at radius 2 is 1.72 bits per heavy atom. The van der Waals surface area contributed by atoms with Gasteiger partial charge in [0.05, 0.1) is 30.5 Å². The second kappa shape index (κ2) is 9.23. The summed E-state index contributed by atoms with van der Waals surface area (Å²) in [6.45, 7) is 3.77. The Morgan fingerprint density at radius 3 is 2.41 bits per heavy atom. The molecule has 0 aromatic heterocycles. The van der Waals surface area contributed by atoms with Crippen molar-refractivity contribution in [2.24, 2.45) is 0 Å². The molecule has 1 saturated heterocycles. The van der Waals surface area contributed by atoms with Crippen molar-refractivity contribution >= 4 is 23.0 Å². The van der Waals surface area contributed by atoms with Gasteiger partial charge in [-0.05, 0) is 24.1 Å². The van der Waals surface area contributed by atoms with Crippen LogP contribution in [0, 0.1) is 0 Å². The highest BCUT2D eigenvalue weighted by atomic mass is 16.5. The monoisotopic (exact) mass is 435 g/mol. The van der Waals surface area contributed by atoms with E-state index in [4.69, 9.17) is 4.74 Å². The molecule has 0 radical (unpaired) electrons. The van der Waals surface area contributed by atoms with Crippen LogP contribution >= 0.6 is 0 Å². The number of carbonyl (C=O) groups is 1. The van der Waals surface area contributed by atoms with Gasteiger partial charge in [-0.25, -0.2) is 0 Å². The Kier molecular flexibility index (Phi) is 6.23. The zero-order valence-corrected chi connectivity index (χ0v) is 17.8. The minimum atomic E-state index is -0.667. The molecule has 8 heteroatoms. The van der Waals surface area contributed by atoms with Gasteiger partial charge in [-0.3, -0.25) is 14.4 Å². The Balaban J connectivity index is 1.58. The van der Waals surface area contributed by atoms with E-state index in [1.807, 2.05) is 37.3 Å². The number of phenolic OH excluding ortho intramolecular Hbond substituents is 1. The van der Waals surface area contributed by atoms with Gasteiger partial charge < -0.3 is 25.4 Å². The quantitative estimate of drug-likeness (QED) is 0.387. The number of carbonyl (C=O) groups excluding carboxylic acids is 1. The molecule has 1 atom stereocenters. The van der Waals surface area contributed by atoms with E-state index in [1.54, 1.807) is 17.0 Å². The van der Waals surface area contributed by atoms with Gasteiger partial charge in [0.25, 0.3) is 16.8 Å². The van der Waals surface area contributed by atoms with Crippen LogP contribution < -0.4 is 21.5 Å². The van der Waals surface area contributed by atoms with E-state index in [-0.39, 0.29) is 40.3 Å². The highest BCUT2D eigenvalue weighted by Gasteiger charge is 2.26. The summed E-state index contributed by atoms with van der Waals surface area (Å²) in [5.41, 5.74) is 0.287. The summed E-state index contributed by atoms with van der Waals surface area (Å²) in [5, 5.41) is 16.7. The number of hydrogen-bond donors (Lipinski definition) is 3. The highest BCUT2D eigenvalue weighted by molar-refractivity contribution is 5.99. The first-order valence-electron chi connectivity index (χ1n) is 10.6. The van der Waals surface area contributed by atoms with Crippen molar-refractivity contribution in [1.82, 2.24) is 4.90 Å². The van der Waals surface area contributed by atoms with Crippen LogP contribution in [-0.4, -0.2) is 42.2 Å². The number of phenols is 1. The Hall–Kier alpha value is -3.65. The van der Waals surface area contributed by atoms with Gasteiger partial charge in [-0.2, -0.15) is 0 Å². The van der Waals surface area contributed by atoms with Crippen molar-refractivity contribution in [3.63, 3.8) is 0 Å². The fourth-order valence-electron chi connectivity index (χ4n) is 3.82. The molecule has 1 heterocycles. The van der Waals surface area contributed by atoms with Crippen LogP contribution in [0.1, 0.15) is 35.3 Å². The normalized spacial score (nSPS) is 14.8. The average molecular weight is 435 g/mol. The largest absolute Gasteiger partial charge is 0.505 e. The highest BCUT2D eigenvalue weighted by Crippen LogP contribution is 2.33. The van der Waals surface area contributed by atoms with E-state index in [0.717, 1.165) is 5.56 Å². The molecule has 32 heavy (non-hydrogen) atoms. The van der Waals surface area contributed by atoms with E-state index >= 15 is 0 Å². The fourth-order valence-corrected chi connectivity index (χ4v) is 3.82. The molecule has 1 unspecified atom stereocenters. The molecule has 0 bridgehead atoms. The summed E-state index contributed by atoms with van der Waals surface area (Å²) in [6.07, 6.45) is 0.705. The van der Waals surface area contributed by atoms with E-state index in [2.05, 4.69) is 10.6 Å². The van der Waals surface area contributed by atoms with Crippen molar-refractivity contribution in [1.29, 1.82) is 0 Å². The van der Waals surface area contributed by atoms with Crippen LogP contribution in [0.3, 0.4) is 0 Å². The van der Waals surface area contributed by atoms with Crippen LogP contribution in [0.5, 0.6) is 5.75 Å². The minimum absolute atomic E-state index is 0.0793. The second-order valence-electron chi connectivity index (χ2n) is 7.66. The molecule has 3 aromatic carbocycles. The number of benzene rings is 2. The van der Waals surface area contributed by atoms with Gasteiger partial charge in [0, 0.05) is 13.1 Å². The average Bonchev–Trinajstić information content (AvgIpc) is 2.85. The topological polar surface area (TPSA) is 108 Å². The van der Waals surface area contributed by atoms with Crippen LogP contribution in [0.2, 0.25) is 0 Å². The fraction of sp³-hybridized carbons (Fsp3) is 0.292. The molecule has 3 N–H and O–H groups in total. The number of amides is 1. The number of nitrogens with zero attached hydrogens (tertiary/aromatic N) is 1. The summed E-state index contributed by atoms with van der Waals surface area (Å²) in [5.74, 6) is -0.578. The zero-order valence-electron chi connectivity index (χ0n) is 17.8. The first-order valence-corrected chi connectivity index (χ1v) is 10.6. The number of morpholine rings is 1. The molecular formula is C24H25N3O5. The maximum absolute atomic E-state index is 12.8. The molecule has 8 nitrogen and oxygen atoms in total. The molecular weight excluding hydrogens is 410 g/mol. The van der Waals surface area contributed by atoms with Gasteiger partial charge in [-0.15, -0.1) is 0 Å². The van der Waals surface area contributed by atoms with Crippen LogP contribution in [0.4, 0.5) is 17.1 Å². The van der Waals surface area contributed by atoms with Gasteiger partial charge in [0.15, 0.2) is 5.75 Å². The minimum Gasteiger partial charge on any atom is -0.505 e. The standard InChI is InChI=1S/C24H25N3O5/c1-2-17(15-7-4-3-5-8-15)25-19-20(23(30)22(19)29)26-18-10-6-9-16(21(18)28)24(31)27-11-13-32-14-12-27/h3-10,17,25-26,28H,2,11-14H2,1H3. The molecule has 0 spiro atoms. The summed E-state index contributed by atoms with van der Waals surface area (Å²) in [6, 6.07) is 14.2. The summed E-state index contributed by atoms with van der Waals surface area (Å²) >= 11 is 0. The van der Waals surface area contributed by atoms with Crippen molar-refractivity contribution < 1.29 is 14.6 Å². The van der Waals surface area contributed by atoms with Crippen LogP contribution in [0.25, 0.3) is 0 Å². The summed E-state index contributed by atoms with van der Waals surface area (Å²) in [7, 11) is 0. The predicted octanol–water partition coefficient (Wildman–Crippen LogP) is 2.77. The van der Waals surface area contributed by atoms with Gasteiger partial charge in [0.1, 0.15) is 11.4 Å². The first-order chi connectivity index (χ1) is 15.5. The lowest BCUT2D eigenvalue weighted by atomic mass is 10.0. The van der Waals surface area contributed by atoms with Crippen molar-refractivity contribution in [3.05, 3.63) is 80.1 Å². The molecule has 1 aliphatic heterocycles. The molecule has 3 aromatic rings. The number of hydrogen-bond acceptors (Lipinski definition) is 7. The second-order valence-corrected chi connectivity index (χ2v) is 7.66. The van der Waals surface area contributed by atoms with Crippen LogP contribution in [-0.2, 0) is 4.74 Å². The molecule has 166 valence electrons. The third kappa shape index (κ3) is 4.09. The number of anilines is 3. The van der Waals surface area contributed by atoms with E-state index in [0.29, 0.717) is 32.7 Å². The van der Waals surface area contributed by atoms with Gasteiger partial charge in [-0.1, -0.05) is 43.3 Å². The Morgan fingerprint density at radius 1 is 1.03 bits per heavy atom. The Labute approximate surface area is 185 Å². The number of nitrogens with one attached hydrogen (secondary N) is 2. The Bertz CT molecular complexity index is 1180. The van der Waals surface area contributed by atoms with E-state index < -0.39 is 10.9 Å². The number of rotatable bonds is 7. The lowest BCUT2D eigenvalue weighted by molar-refractivity contribution is 0.0301. The van der Waals surface area contributed by atoms with Crippen molar-refractivity contribution in [2.45, 2.75) is 19.4 Å². The number of ether oxygens (including phenoxy) is 1. The first kappa shape index (κ1) is 21.6. The molecule has 1 amide bonds. The molecule has 0 saturated carbocycles. The smallest absolute Gasteiger partial charge is 0.257 e. The van der Waals surface area contributed by atoms with E-state index in [9.17, 15) is 19.5 Å².